The predicted molar refractivity (Wildman–Crippen MR) is 79.2 cm³/mol. The molecular weight excluding hydrogens is 242 g/mol. The van der Waals surface area contributed by atoms with Crippen LogP contribution in [0, 0.1) is 5.92 Å². The molecule has 1 aliphatic heterocycles. The number of hydrogen-bond acceptors (Lipinski definition) is 4. The van der Waals surface area contributed by atoms with Crippen molar-refractivity contribution in [3.05, 3.63) is 18.2 Å². The zero-order valence-corrected chi connectivity index (χ0v) is 11.7. The molecule has 2 N–H and O–H groups in total. The Morgan fingerprint density at radius 3 is 3.00 bits per heavy atom. The minimum absolute atomic E-state index is 0.589. The lowest BCUT2D eigenvalue weighted by atomic mass is 9.94. The van der Waals surface area contributed by atoms with E-state index in [1.165, 1.54) is 17.5 Å². The first-order valence-electron chi connectivity index (χ1n) is 6.56. The van der Waals surface area contributed by atoms with E-state index >= 15 is 0 Å². The summed E-state index contributed by atoms with van der Waals surface area (Å²) in [5, 5.41) is 1.15. The Bertz CT molecular complexity index is 563. The molecule has 0 bridgehead atoms. The van der Waals surface area contributed by atoms with Crippen LogP contribution in [0.3, 0.4) is 0 Å². The lowest BCUT2D eigenvalue weighted by Crippen LogP contribution is -2.40. The molecule has 1 aliphatic rings. The number of fused-ring (bicyclic) bond motifs is 1. The molecule has 96 valence electrons. The smallest absolute Gasteiger partial charge is 0.186 e. The molecule has 0 saturated carbocycles. The average molecular weight is 261 g/mol. The van der Waals surface area contributed by atoms with Gasteiger partial charge in [-0.1, -0.05) is 18.3 Å². The zero-order chi connectivity index (χ0) is 12.7. The molecule has 1 aromatic carbocycles. The van der Waals surface area contributed by atoms with Gasteiger partial charge in [0.1, 0.15) is 0 Å². The van der Waals surface area contributed by atoms with Gasteiger partial charge in [-0.2, -0.15) is 0 Å². The number of anilines is 2. The first kappa shape index (κ1) is 11.8. The number of thiazole rings is 1. The Morgan fingerprint density at radius 1 is 1.39 bits per heavy atom. The lowest BCUT2D eigenvalue weighted by molar-refractivity contribution is 0.378. The summed E-state index contributed by atoms with van der Waals surface area (Å²) < 4.78 is 1.19. The molecule has 2 unspecified atom stereocenters. The van der Waals surface area contributed by atoms with Crippen molar-refractivity contribution in [1.82, 2.24) is 4.98 Å². The van der Waals surface area contributed by atoms with E-state index in [-0.39, 0.29) is 0 Å². The van der Waals surface area contributed by atoms with Crippen LogP contribution >= 0.6 is 11.3 Å². The highest BCUT2D eigenvalue weighted by Crippen LogP contribution is 2.34. The molecule has 3 rings (SSSR count). The summed E-state index contributed by atoms with van der Waals surface area (Å²) in [6.07, 6.45) is 2.53. The zero-order valence-electron chi connectivity index (χ0n) is 10.9. The summed E-state index contributed by atoms with van der Waals surface area (Å²) in [6.45, 7) is 5.76. The second kappa shape index (κ2) is 4.43. The highest BCUT2D eigenvalue weighted by molar-refractivity contribution is 7.22. The van der Waals surface area contributed by atoms with E-state index in [1.54, 1.807) is 11.3 Å². The van der Waals surface area contributed by atoms with Crippen molar-refractivity contribution in [1.29, 1.82) is 0 Å². The minimum atomic E-state index is 0.589. The second-order valence-corrected chi connectivity index (χ2v) is 6.40. The molecule has 2 atom stereocenters. The fourth-order valence-electron chi connectivity index (χ4n) is 2.74. The number of aromatic nitrogens is 1. The fraction of sp³-hybridized carbons (Fsp3) is 0.500. The van der Waals surface area contributed by atoms with Gasteiger partial charge < -0.3 is 10.6 Å². The van der Waals surface area contributed by atoms with Crippen molar-refractivity contribution in [2.24, 2.45) is 5.92 Å². The summed E-state index contributed by atoms with van der Waals surface area (Å²) in [6, 6.07) is 6.55. The topological polar surface area (TPSA) is 42.2 Å². The van der Waals surface area contributed by atoms with Gasteiger partial charge in [0, 0.05) is 18.3 Å². The van der Waals surface area contributed by atoms with E-state index in [0.29, 0.717) is 6.04 Å². The molecule has 0 amide bonds. The minimum Gasteiger partial charge on any atom is -0.399 e. The van der Waals surface area contributed by atoms with Gasteiger partial charge in [0.25, 0.3) is 0 Å². The fourth-order valence-corrected chi connectivity index (χ4v) is 3.89. The van der Waals surface area contributed by atoms with Crippen molar-refractivity contribution in [2.75, 3.05) is 17.2 Å². The molecule has 1 aromatic heterocycles. The Labute approximate surface area is 112 Å². The molecule has 1 saturated heterocycles. The van der Waals surface area contributed by atoms with Crippen molar-refractivity contribution in [3.8, 4) is 0 Å². The van der Waals surface area contributed by atoms with E-state index in [0.717, 1.165) is 28.8 Å². The van der Waals surface area contributed by atoms with Gasteiger partial charge in [-0.05, 0) is 43.9 Å². The maximum absolute atomic E-state index is 5.82. The predicted octanol–water partition coefficient (Wildman–Crippen LogP) is 3.50. The van der Waals surface area contributed by atoms with Crippen LogP contribution in [0.4, 0.5) is 10.8 Å². The van der Waals surface area contributed by atoms with Crippen molar-refractivity contribution in [2.45, 2.75) is 32.7 Å². The quantitative estimate of drug-likeness (QED) is 0.799. The first-order chi connectivity index (χ1) is 8.63. The number of piperidine rings is 1. The van der Waals surface area contributed by atoms with Gasteiger partial charge in [0.15, 0.2) is 5.13 Å². The first-order valence-corrected chi connectivity index (χ1v) is 7.38. The summed E-state index contributed by atoms with van der Waals surface area (Å²) in [5.74, 6) is 0.835. The van der Waals surface area contributed by atoms with Crippen molar-refractivity contribution < 1.29 is 0 Å². The monoisotopic (exact) mass is 261 g/mol. The molecule has 3 nitrogen and oxygen atoms in total. The van der Waals surface area contributed by atoms with Gasteiger partial charge >= 0.3 is 0 Å². The van der Waals surface area contributed by atoms with E-state index in [1.807, 2.05) is 18.2 Å². The van der Waals surface area contributed by atoms with Crippen LogP contribution in [0.15, 0.2) is 18.2 Å². The van der Waals surface area contributed by atoms with Crippen LogP contribution in [0.25, 0.3) is 10.2 Å². The maximum Gasteiger partial charge on any atom is 0.186 e. The third kappa shape index (κ3) is 2.05. The highest BCUT2D eigenvalue weighted by Gasteiger charge is 2.25. The number of benzene rings is 1. The lowest BCUT2D eigenvalue weighted by Gasteiger charge is -2.36. The highest BCUT2D eigenvalue weighted by atomic mass is 32.1. The Kier molecular flexibility index (Phi) is 2.90. The van der Waals surface area contributed by atoms with Crippen LogP contribution in [0.1, 0.15) is 26.7 Å². The number of nitrogens with two attached hydrogens (primary N) is 1. The molecular formula is C14H19N3S. The number of nitrogens with zero attached hydrogens (tertiary/aromatic N) is 2. The molecule has 0 aliphatic carbocycles. The average Bonchev–Trinajstić information content (AvgIpc) is 2.71. The van der Waals surface area contributed by atoms with Gasteiger partial charge in [-0.15, -0.1) is 0 Å². The van der Waals surface area contributed by atoms with E-state index in [9.17, 15) is 0 Å². The molecule has 2 aromatic rings. The van der Waals surface area contributed by atoms with Crippen LogP contribution in [0.2, 0.25) is 0 Å². The summed E-state index contributed by atoms with van der Waals surface area (Å²) in [7, 11) is 0. The Hall–Kier alpha value is -1.29. The van der Waals surface area contributed by atoms with E-state index < -0.39 is 0 Å². The molecule has 18 heavy (non-hydrogen) atoms. The Morgan fingerprint density at radius 2 is 2.22 bits per heavy atom. The van der Waals surface area contributed by atoms with Crippen LogP contribution in [-0.4, -0.2) is 17.6 Å². The molecule has 4 heteroatoms. The summed E-state index contributed by atoms with van der Waals surface area (Å²) in [4.78, 5) is 7.19. The van der Waals surface area contributed by atoms with Gasteiger partial charge in [0.2, 0.25) is 0 Å². The molecule has 0 spiro atoms. The van der Waals surface area contributed by atoms with E-state index in [2.05, 4.69) is 18.7 Å². The molecule has 1 fully saturated rings. The molecule has 2 heterocycles. The number of rotatable bonds is 1. The SMILES string of the molecule is CC1CCN(c2nc3ccc(N)cc3s2)C(C)C1. The largest absolute Gasteiger partial charge is 0.399 e. The summed E-state index contributed by atoms with van der Waals surface area (Å²) in [5.41, 5.74) is 7.70. The Balaban J connectivity index is 1.94. The maximum atomic E-state index is 5.82. The van der Waals surface area contributed by atoms with Crippen molar-refractivity contribution >= 4 is 32.4 Å². The van der Waals surface area contributed by atoms with Crippen LogP contribution in [0.5, 0.6) is 0 Å². The standard InChI is InChI=1S/C14H19N3S/c1-9-5-6-17(10(2)7-9)14-16-12-4-3-11(15)8-13(12)18-14/h3-4,8-10H,5-7,15H2,1-2H3. The third-order valence-corrected chi connectivity index (χ3v) is 4.84. The third-order valence-electron chi connectivity index (χ3n) is 3.79. The number of nitrogen functional groups attached to an aromatic ring is 1. The van der Waals surface area contributed by atoms with Crippen LogP contribution in [-0.2, 0) is 0 Å². The van der Waals surface area contributed by atoms with Gasteiger partial charge in [0.05, 0.1) is 10.2 Å². The molecule has 0 radical (unpaired) electrons. The van der Waals surface area contributed by atoms with Gasteiger partial charge in [-0.3, -0.25) is 0 Å². The summed E-state index contributed by atoms with van der Waals surface area (Å²) >= 11 is 1.76. The van der Waals surface area contributed by atoms with E-state index in [4.69, 9.17) is 10.7 Å². The normalized spacial score (nSPS) is 24.7. The van der Waals surface area contributed by atoms with Crippen molar-refractivity contribution in [3.63, 3.8) is 0 Å². The number of hydrogen-bond donors (Lipinski definition) is 1. The van der Waals surface area contributed by atoms with Crippen LogP contribution < -0.4 is 10.6 Å². The second-order valence-electron chi connectivity index (χ2n) is 5.40. The van der Waals surface area contributed by atoms with Gasteiger partial charge in [-0.25, -0.2) is 4.98 Å².